The van der Waals surface area contributed by atoms with Gasteiger partial charge in [-0.25, -0.2) is 0 Å². The van der Waals surface area contributed by atoms with Gasteiger partial charge in [-0.3, -0.25) is 0 Å². The maximum atomic E-state index is 9.73. The van der Waals surface area contributed by atoms with Crippen molar-refractivity contribution < 1.29 is 19.7 Å². The molecule has 0 saturated carbocycles. The summed E-state index contributed by atoms with van der Waals surface area (Å²) in [7, 11) is 1.48. The average Bonchev–Trinajstić information content (AvgIpc) is 2.16. The lowest BCUT2D eigenvalue weighted by Gasteiger charge is -2.13. The Morgan fingerprint density at radius 1 is 1.38 bits per heavy atom. The Balaban J connectivity index is 3.06. The highest BCUT2D eigenvalue weighted by Crippen LogP contribution is 2.37. The summed E-state index contributed by atoms with van der Waals surface area (Å²) < 4.78 is 10.4. The number of rotatable bonds is 5. The SMILES string of the molecule is CCOc1cc(CC(C)O)cc(O)c1OC. The Morgan fingerprint density at radius 2 is 2.06 bits per heavy atom. The van der Waals surface area contributed by atoms with E-state index in [9.17, 15) is 10.2 Å². The largest absolute Gasteiger partial charge is 0.504 e. The molecule has 1 aromatic rings. The van der Waals surface area contributed by atoms with E-state index in [1.165, 1.54) is 7.11 Å². The van der Waals surface area contributed by atoms with Crippen molar-refractivity contribution in [3.63, 3.8) is 0 Å². The second-order valence-corrected chi connectivity index (χ2v) is 3.63. The normalized spacial score (nSPS) is 12.2. The number of phenolic OH excluding ortho intramolecular Hbond substituents is 1. The smallest absolute Gasteiger partial charge is 0.203 e. The molecule has 0 heterocycles. The van der Waals surface area contributed by atoms with E-state index < -0.39 is 6.10 Å². The van der Waals surface area contributed by atoms with Crippen LogP contribution in [0.15, 0.2) is 12.1 Å². The standard InChI is InChI=1S/C12H18O4/c1-4-16-11-7-9(5-8(2)13)6-10(14)12(11)15-3/h6-8,13-14H,4-5H2,1-3H3. The van der Waals surface area contributed by atoms with E-state index in [1.54, 1.807) is 19.1 Å². The van der Waals surface area contributed by atoms with Gasteiger partial charge >= 0.3 is 0 Å². The lowest BCUT2D eigenvalue weighted by molar-refractivity contribution is 0.195. The molecule has 90 valence electrons. The second-order valence-electron chi connectivity index (χ2n) is 3.63. The summed E-state index contributed by atoms with van der Waals surface area (Å²) in [6, 6.07) is 3.35. The number of benzene rings is 1. The topological polar surface area (TPSA) is 58.9 Å². The van der Waals surface area contributed by atoms with Gasteiger partial charge in [0.1, 0.15) is 0 Å². The van der Waals surface area contributed by atoms with Crippen LogP contribution in [0.4, 0.5) is 0 Å². The van der Waals surface area contributed by atoms with E-state index in [2.05, 4.69) is 0 Å². The van der Waals surface area contributed by atoms with Gasteiger partial charge in [0, 0.05) is 0 Å². The molecule has 0 radical (unpaired) electrons. The first-order valence-corrected chi connectivity index (χ1v) is 5.29. The average molecular weight is 226 g/mol. The monoisotopic (exact) mass is 226 g/mol. The first-order valence-electron chi connectivity index (χ1n) is 5.29. The van der Waals surface area contributed by atoms with Crippen LogP contribution in [0.25, 0.3) is 0 Å². The van der Waals surface area contributed by atoms with Crippen LogP contribution in [-0.4, -0.2) is 30.0 Å². The fourth-order valence-electron chi connectivity index (χ4n) is 1.57. The second kappa shape index (κ2) is 5.61. The van der Waals surface area contributed by atoms with Crippen molar-refractivity contribution in [3.8, 4) is 17.2 Å². The predicted octanol–water partition coefficient (Wildman–Crippen LogP) is 1.72. The lowest BCUT2D eigenvalue weighted by Crippen LogP contribution is -2.05. The number of aliphatic hydroxyl groups is 1. The van der Waals surface area contributed by atoms with Crippen LogP contribution >= 0.6 is 0 Å². The highest BCUT2D eigenvalue weighted by Gasteiger charge is 2.12. The van der Waals surface area contributed by atoms with E-state index in [0.717, 1.165) is 5.56 Å². The highest BCUT2D eigenvalue weighted by molar-refractivity contribution is 5.53. The molecular weight excluding hydrogens is 208 g/mol. The van der Waals surface area contributed by atoms with Gasteiger partial charge in [-0.1, -0.05) is 0 Å². The van der Waals surface area contributed by atoms with Crippen molar-refractivity contribution in [1.29, 1.82) is 0 Å². The molecule has 1 atom stereocenters. The van der Waals surface area contributed by atoms with E-state index in [-0.39, 0.29) is 5.75 Å². The van der Waals surface area contributed by atoms with Crippen molar-refractivity contribution >= 4 is 0 Å². The van der Waals surface area contributed by atoms with Gasteiger partial charge in [-0.2, -0.15) is 0 Å². The third kappa shape index (κ3) is 3.03. The van der Waals surface area contributed by atoms with Crippen LogP contribution in [0, 0.1) is 0 Å². The Hall–Kier alpha value is -1.42. The predicted molar refractivity (Wildman–Crippen MR) is 61.2 cm³/mol. The van der Waals surface area contributed by atoms with Crippen molar-refractivity contribution in [3.05, 3.63) is 17.7 Å². The molecule has 0 fully saturated rings. The molecule has 0 amide bonds. The molecule has 1 aromatic carbocycles. The van der Waals surface area contributed by atoms with Gasteiger partial charge in [0.05, 0.1) is 19.8 Å². The van der Waals surface area contributed by atoms with Gasteiger partial charge < -0.3 is 19.7 Å². The van der Waals surface area contributed by atoms with Crippen LogP contribution in [0.1, 0.15) is 19.4 Å². The number of phenols is 1. The molecule has 1 rings (SSSR count). The lowest BCUT2D eigenvalue weighted by atomic mass is 10.1. The summed E-state index contributed by atoms with van der Waals surface area (Å²) in [6.07, 6.45) is 0.0136. The van der Waals surface area contributed by atoms with Crippen LogP contribution in [0.2, 0.25) is 0 Å². The quantitative estimate of drug-likeness (QED) is 0.802. The maximum absolute atomic E-state index is 9.73. The molecule has 0 aliphatic carbocycles. The third-order valence-corrected chi connectivity index (χ3v) is 2.13. The van der Waals surface area contributed by atoms with Crippen molar-refractivity contribution in [2.75, 3.05) is 13.7 Å². The zero-order valence-electron chi connectivity index (χ0n) is 9.86. The fourth-order valence-corrected chi connectivity index (χ4v) is 1.57. The third-order valence-electron chi connectivity index (χ3n) is 2.13. The number of hydrogen-bond donors (Lipinski definition) is 2. The summed E-state index contributed by atoms with van der Waals surface area (Å²) in [5, 5.41) is 19.0. The first kappa shape index (κ1) is 12.6. The number of methoxy groups -OCH3 is 1. The summed E-state index contributed by atoms with van der Waals surface area (Å²) in [5.41, 5.74) is 0.816. The van der Waals surface area contributed by atoms with Gasteiger partial charge in [0.15, 0.2) is 11.5 Å². The Kier molecular flexibility index (Phi) is 4.43. The zero-order valence-corrected chi connectivity index (χ0v) is 9.86. The molecule has 0 bridgehead atoms. The first-order chi connectivity index (χ1) is 7.58. The minimum atomic E-state index is -0.456. The molecule has 0 aliphatic heterocycles. The number of ether oxygens (including phenoxy) is 2. The van der Waals surface area contributed by atoms with Crippen LogP contribution in [0.3, 0.4) is 0 Å². The Morgan fingerprint density at radius 3 is 2.56 bits per heavy atom. The van der Waals surface area contributed by atoms with Crippen LogP contribution in [-0.2, 0) is 6.42 Å². The molecule has 0 aromatic heterocycles. The number of hydrogen-bond acceptors (Lipinski definition) is 4. The molecule has 0 aliphatic rings. The molecule has 4 nitrogen and oxygen atoms in total. The molecule has 0 spiro atoms. The van der Waals surface area contributed by atoms with Crippen LogP contribution in [0.5, 0.6) is 17.2 Å². The molecular formula is C12H18O4. The number of aromatic hydroxyl groups is 1. The van der Waals surface area contributed by atoms with Crippen molar-refractivity contribution in [2.45, 2.75) is 26.4 Å². The van der Waals surface area contributed by atoms with E-state index >= 15 is 0 Å². The summed E-state index contributed by atoms with van der Waals surface area (Å²) >= 11 is 0. The molecule has 4 heteroatoms. The van der Waals surface area contributed by atoms with Gasteiger partial charge in [0.25, 0.3) is 0 Å². The molecule has 1 unspecified atom stereocenters. The number of aliphatic hydroxyl groups excluding tert-OH is 1. The molecule has 0 saturated heterocycles. The van der Waals surface area contributed by atoms with Crippen molar-refractivity contribution in [2.24, 2.45) is 0 Å². The van der Waals surface area contributed by atoms with Crippen molar-refractivity contribution in [1.82, 2.24) is 0 Å². The fraction of sp³-hybridized carbons (Fsp3) is 0.500. The van der Waals surface area contributed by atoms with Crippen LogP contribution < -0.4 is 9.47 Å². The Bertz CT molecular complexity index is 347. The maximum Gasteiger partial charge on any atom is 0.203 e. The minimum absolute atomic E-state index is 0.0316. The van der Waals surface area contributed by atoms with Gasteiger partial charge in [-0.05, 0) is 38.0 Å². The summed E-state index contributed by atoms with van der Waals surface area (Å²) in [5.74, 6) is 0.862. The summed E-state index contributed by atoms with van der Waals surface area (Å²) in [6.45, 7) is 4.05. The Labute approximate surface area is 95.4 Å². The zero-order chi connectivity index (χ0) is 12.1. The summed E-state index contributed by atoms with van der Waals surface area (Å²) in [4.78, 5) is 0. The van der Waals surface area contributed by atoms with E-state index in [4.69, 9.17) is 9.47 Å². The van der Waals surface area contributed by atoms with Gasteiger partial charge in [-0.15, -0.1) is 0 Å². The van der Waals surface area contributed by atoms with Gasteiger partial charge in [0.2, 0.25) is 5.75 Å². The van der Waals surface area contributed by atoms with E-state index in [0.29, 0.717) is 24.5 Å². The minimum Gasteiger partial charge on any atom is -0.504 e. The molecule has 16 heavy (non-hydrogen) atoms. The van der Waals surface area contributed by atoms with E-state index in [1.807, 2.05) is 6.92 Å². The molecule has 2 N–H and O–H groups in total. The highest BCUT2D eigenvalue weighted by atomic mass is 16.5.